The highest BCUT2D eigenvalue weighted by molar-refractivity contribution is 6.40. The SMILES string of the molecule is CN1CCN(c2ccc(Nc3ncc4c(n3)N3CCN=C3C(c3ccccc3Cl)=C4)cn2)CC1. The number of halogens is 1. The number of hydrogen-bond donors (Lipinski definition) is 1. The summed E-state index contributed by atoms with van der Waals surface area (Å²) in [5.74, 6) is 3.30. The Balaban J connectivity index is 1.25. The maximum atomic E-state index is 6.49. The molecule has 5 heterocycles. The number of hydrogen-bond acceptors (Lipinski definition) is 8. The minimum absolute atomic E-state index is 0.536. The minimum atomic E-state index is 0.536. The summed E-state index contributed by atoms with van der Waals surface area (Å²) in [5.41, 5.74) is 3.78. The van der Waals surface area contributed by atoms with Crippen molar-refractivity contribution in [2.75, 3.05) is 61.4 Å². The van der Waals surface area contributed by atoms with Crippen LogP contribution in [-0.2, 0) is 0 Å². The average molecular weight is 473 g/mol. The van der Waals surface area contributed by atoms with Crippen LogP contribution < -0.4 is 15.1 Å². The molecule has 172 valence electrons. The first kappa shape index (κ1) is 21.1. The quantitative estimate of drug-likeness (QED) is 0.619. The van der Waals surface area contributed by atoms with Gasteiger partial charge in [0.2, 0.25) is 5.95 Å². The van der Waals surface area contributed by atoms with Crippen LogP contribution in [0.2, 0.25) is 5.02 Å². The second-order valence-electron chi connectivity index (χ2n) is 8.69. The first-order valence-electron chi connectivity index (χ1n) is 11.5. The van der Waals surface area contributed by atoms with E-state index in [1.807, 2.05) is 42.7 Å². The number of pyridine rings is 1. The molecule has 9 heteroatoms. The molecule has 0 radical (unpaired) electrons. The molecule has 0 atom stereocenters. The number of nitrogens with zero attached hydrogens (tertiary/aromatic N) is 7. The number of likely N-dealkylation sites (N-methyl/N-ethyl adjacent to an activating group) is 1. The second kappa shape index (κ2) is 8.70. The van der Waals surface area contributed by atoms with E-state index in [-0.39, 0.29) is 0 Å². The summed E-state index contributed by atoms with van der Waals surface area (Å²) < 4.78 is 0. The van der Waals surface area contributed by atoms with E-state index < -0.39 is 0 Å². The first-order valence-corrected chi connectivity index (χ1v) is 11.9. The number of fused-ring (bicyclic) bond motifs is 3. The number of rotatable bonds is 4. The molecule has 8 nitrogen and oxygen atoms in total. The Bertz CT molecular complexity index is 1280. The van der Waals surface area contributed by atoms with Gasteiger partial charge < -0.3 is 20.0 Å². The van der Waals surface area contributed by atoms with Crippen molar-refractivity contribution in [1.29, 1.82) is 0 Å². The molecule has 2 aromatic heterocycles. The van der Waals surface area contributed by atoms with Gasteiger partial charge in [-0.15, -0.1) is 0 Å². The number of piperazine rings is 1. The maximum absolute atomic E-state index is 6.49. The first-order chi connectivity index (χ1) is 16.7. The molecule has 0 saturated carbocycles. The highest BCUT2D eigenvalue weighted by atomic mass is 35.5. The molecule has 0 unspecified atom stereocenters. The van der Waals surface area contributed by atoms with E-state index >= 15 is 0 Å². The van der Waals surface area contributed by atoms with E-state index in [9.17, 15) is 0 Å². The lowest BCUT2D eigenvalue weighted by atomic mass is 9.98. The molecule has 0 spiro atoms. The number of aromatic nitrogens is 3. The van der Waals surface area contributed by atoms with Gasteiger partial charge in [0.25, 0.3) is 0 Å². The number of amidine groups is 1. The largest absolute Gasteiger partial charge is 0.354 e. The molecule has 3 aliphatic heterocycles. The van der Waals surface area contributed by atoms with Gasteiger partial charge in [0.1, 0.15) is 17.5 Å². The highest BCUT2D eigenvalue weighted by Gasteiger charge is 2.31. The van der Waals surface area contributed by atoms with Crippen LogP contribution in [0.1, 0.15) is 11.1 Å². The van der Waals surface area contributed by atoms with Gasteiger partial charge in [-0.25, -0.2) is 9.97 Å². The van der Waals surface area contributed by atoms with Gasteiger partial charge >= 0.3 is 0 Å². The zero-order chi connectivity index (χ0) is 23.1. The average Bonchev–Trinajstić information content (AvgIpc) is 3.36. The van der Waals surface area contributed by atoms with E-state index in [4.69, 9.17) is 21.6 Å². The highest BCUT2D eigenvalue weighted by Crippen LogP contribution is 2.37. The summed E-state index contributed by atoms with van der Waals surface area (Å²) in [6, 6.07) is 11.9. The lowest BCUT2D eigenvalue weighted by Crippen LogP contribution is -2.44. The smallest absolute Gasteiger partial charge is 0.229 e. The van der Waals surface area contributed by atoms with Crippen molar-refractivity contribution in [3.05, 3.63) is 64.9 Å². The van der Waals surface area contributed by atoms with Crippen molar-refractivity contribution in [3.8, 4) is 0 Å². The summed E-state index contributed by atoms with van der Waals surface area (Å²) >= 11 is 6.49. The normalized spacial score (nSPS) is 17.7. The summed E-state index contributed by atoms with van der Waals surface area (Å²) in [7, 11) is 2.15. The Morgan fingerprint density at radius 1 is 0.941 bits per heavy atom. The molecule has 0 bridgehead atoms. The molecular formula is C25H25ClN8. The third-order valence-electron chi connectivity index (χ3n) is 6.43. The number of anilines is 4. The zero-order valence-corrected chi connectivity index (χ0v) is 19.7. The van der Waals surface area contributed by atoms with E-state index in [0.29, 0.717) is 11.0 Å². The Morgan fingerprint density at radius 3 is 2.59 bits per heavy atom. The molecule has 1 aromatic carbocycles. The van der Waals surface area contributed by atoms with Crippen molar-refractivity contribution >= 4 is 52.4 Å². The van der Waals surface area contributed by atoms with Gasteiger partial charge in [-0.2, -0.15) is 4.98 Å². The van der Waals surface area contributed by atoms with Crippen LogP contribution in [-0.4, -0.2) is 72.0 Å². The van der Waals surface area contributed by atoms with Gasteiger partial charge in [0.05, 0.1) is 18.4 Å². The van der Waals surface area contributed by atoms with Crippen LogP contribution in [0.3, 0.4) is 0 Å². The molecule has 3 aliphatic rings. The van der Waals surface area contributed by atoms with Crippen LogP contribution in [0, 0.1) is 0 Å². The van der Waals surface area contributed by atoms with Crippen LogP contribution in [0.15, 0.2) is 53.8 Å². The fourth-order valence-electron chi connectivity index (χ4n) is 4.55. The molecule has 6 rings (SSSR count). The van der Waals surface area contributed by atoms with Crippen LogP contribution in [0.25, 0.3) is 11.6 Å². The summed E-state index contributed by atoms with van der Waals surface area (Å²) in [4.78, 5) is 25.6. The lowest BCUT2D eigenvalue weighted by molar-refractivity contribution is 0.312. The Hall–Kier alpha value is -3.49. The molecular weight excluding hydrogens is 448 g/mol. The van der Waals surface area contributed by atoms with Crippen LogP contribution in [0.4, 0.5) is 23.3 Å². The Kier molecular flexibility index (Phi) is 5.39. The Morgan fingerprint density at radius 2 is 1.79 bits per heavy atom. The molecule has 0 amide bonds. The zero-order valence-electron chi connectivity index (χ0n) is 18.9. The summed E-state index contributed by atoms with van der Waals surface area (Å²) in [6.45, 7) is 5.60. The minimum Gasteiger partial charge on any atom is -0.354 e. The van der Waals surface area contributed by atoms with Gasteiger partial charge in [0, 0.05) is 60.6 Å². The Labute approximate surface area is 203 Å². The van der Waals surface area contributed by atoms with E-state index in [0.717, 1.165) is 79.1 Å². The standard InChI is InChI=1S/C25H25ClN8/c1-32-10-12-33(13-11-32)22-7-6-18(16-28-22)30-25-29-15-17-14-20(19-4-2-3-5-21(19)26)24-27-8-9-34(24)23(17)31-25/h2-7,14-16H,8-13H2,1H3,(H,29,30,31). The van der Waals surface area contributed by atoms with Gasteiger partial charge in [0.15, 0.2) is 0 Å². The molecule has 1 fully saturated rings. The third-order valence-corrected chi connectivity index (χ3v) is 6.76. The second-order valence-corrected chi connectivity index (χ2v) is 9.09. The number of aliphatic imine (C=N–C) groups is 1. The topological polar surface area (TPSA) is 72.8 Å². The van der Waals surface area contributed by atoms with Crippen molar-refractivity contribution in [2.24, 2.45) is 4.99 Å². The van der Waals surface area contributed by atoms with E-state index in [2.05, 4.69) is 49.2 Å². The monoisotopic (exact) mass is 472 g/mol. The van der Waals surface area contributed by atoms with Gasteiger partial charge in [-0.1, -0.05) is 29.8 Å². The lowest BCUT2D eigenvalue weighted by Gasteiger charge is -2.33. The third kappa shape index (κ3) is 3.89. The van der Waals surface area contributed by atoms with Crippen molar-refractivity contribution in [1.82, 2.24) is 19.9 Å². The fourth-order valence-corrected chi connectivity index (χ4v) is 4.79. The fraction of sp³-hybridized carbons (Fsp3) is 0.280. The number of benzene rings is 1. The van der Waals surface area contributed by atoms with Crippen molar-refractivity contribution in [3.63, 3.8) is 0 Å². The van der Waals surface area contributed by atoms with Crippen molar-refractivity contribution < 1.29 is 0 Å². The van der Waals surface area contributed by atoms with Crippen molar-refractivity contribution in [2.45, 2.75) is 0 Å². The van der Waals surface area contributed by atoms with Crippen LogP contribution in [0.5, 0.6) is 0 Å². The molecule has 1 N–H and O–H groups in total. The van der Waals surface area contributed by atoms with Gasteiger partial charge in [-0.3, -0.25) is 4.99 Å². The van der Waals surface area contributed by atoms with E-state index in [1.54, 1.807) is 0 Å². The van der Waals surface area contributed by atoms with Crippen LogP contribution >= 0.6 is 11.6 Å². The summed E-state index contributed by atoms with van der Waals surface area (Å²) in [5, 5.41) is 4.01. The molecule has 1 saturated heterocycles. The number of nitrogens with one attached hydrogen (secondary N) is 1. The molecule has 3 aromatic rings. The van der Waals surface area contributed by atoms with E-state index in [1.165, 1.54) is 0 Å². The predicted octanol–water partition coefficient (Wildman–Crippen LogP) is 3.79. The maximum Gasteiger partial charge on any atom is 0.229 e. The molecule has 34 heavy (non-hydrogen) atoms. The van der Waals surface area contributed by atoms with Gasteiger partial charge in [-0.05, 0) is 31.3 Å². The molecule has 0 aliphatic carbocycles. The predicted molar refractivity (Wildman–Crippen MR) is 138 cm³/mol. The summed E-state index contributed by atoms with van der Waals surface area (Å²) in [6.07, 6.45) is 5.77.